The Morgan fingerprint density at radius 2 is 1.73 bits per heavy atom. The van der Waals surface area contributed by atoms with Gasteiger partial charge >= 0.3 is 6.03 Å². The molecule has 2 aromatic carbocycles. The lowest BCUT2D eigenvalue weighted by Gasteiger charge is -2.34. The van der Waals surface area contributed by atoms with Crippen LogP contribution in [0.5, 0.6) is 5.75 Å². The van der Waals surface area contributed by atoms with Gasteiger partial charge in [-0.3, -0.25) is 4.79 Å². The van der Waals surface area contributed by atoms with E-state index in [1.165, 1.54) is 23.5 Å². The molecule has 49 heavy (non-hydrogen) atoms. The van der Waals surface area contributed by atoms with Crippen molar-refractivity contribution in [1.29, 1.82) is 0 Å². The maximum atomic E-state index is 14.1. The van der Waals surface area contributed by atoms with Gasteiger partial charge < -0.3 is 25.0 Å². The molecule has 1 saturated heterocycles. The zero-order valence-electron chi connectivity index (χ0n) is 29.6. The highest BCUT2D eigenvalue weighted by Crippen LogP contribution is 2.26. The number of sulfonamides is 1. The van der Waals surface area contributed by atoms with E-state index in [2.05, 4.69) is 17.2 Å². The van der Waals surface area contributed by atoms with Gasteiger partial charge in [0, 0.05) is 31.1 Å². The van der Waals surface area contributed by atoms with Crippen molar-refractivity contribution in [3.8, 4) is 5.75 Å². The molecule has 0 spiro atoms. The van der Waals surface area contributed by atoms with Crippen LogP contribution >= 0.6 is 11.3 Å². The summed E-state index contributed by atoms with van der Waals surface area (Å²) in [5.74, 6) is -0.113. The van der Waals surface area contributed by atoms with Crippen LogP contribution in [0.3, 0.4) is 0 Å². The highest BCUT2D eigenvalue weighted by atomic mass is 32.2. The molecule has 2 heterocycles. The third kappa shape index (κ3) is 9.59. The first-order chi connectivity index (χ1) is 23.2. The number of rotatable bonds is 17. The van der Waals surface area contributed by atoms with Gasteiger partial charge in [0.1, 0.15) is 11.8 Å². The third-order valence-electron chi connectivity index (χ3n) is 8.66. The maximum absolute atomic E-state index is 14.1. The molecule has 0 radical (unpaired) electrons. The Morgan fingerprint density at radius 3 is 2.33 bits per heavy atom. The quantitative estimate of drug-likeness (QED) is 0.207. The van der Waals surface area contributed by atoms with Crippen LogP contribution in [-0.2, 0) is 34.2 Å². The number of aromatic nitrogens is 1. The summed E-state index contributed by atoms with van der Waals surface area (Å²) in [6, 6.07) is 13.7. The lowest BCUT2D eigenvalue weighted by Crippen LogP contribution is -2.57. The monoisotopic (exact) mass is 713 g/mol. The van der Waals surface area contributed by atoms with E-state index in [0.29, 0.717) is 25.4 Å². The van der Waals surface area contributed by atoms with E-state index in [1.807, 2.05) is 65.0 Å². The topological polar surface area (TPSA) is 132 Å². The highest BCUT2D eigenvalue weighted by Gasteiger charge is 2.41. The largest absolute Gasteiger partial charge is 0.497 e. The van der Waals surface area contributed by atoms with Crippen LogP contribution in [0.15, 0.2) is 59.5 Å². The second-order valence-electron chi connectivity index (χ2n) is 13.3. The Hall–Kier alpha value is -3.52. The predicted molar refractivity (Wildman–Crippen MR) is 192 cm³/mol. The fourth-order valence-corrected chi connectivity index (χ4v) is 8.74. The fraction of sp³-hybridized carbons (Fsp3) is 0.528. The number of aliphatic hydroxyl groups is 1. The molecule has 268 valence electrons. The van der Waals surface area contributed by atoms with Crippen molar-refractivity contribution in [1.82, 2.24) is 24.4 Å². The van der Waals surface area contributed by atoms with Crippen LogP contribution in [0.4, 0.5) is 4.79 Å². The fourth-order valence-electron chi connectivity index (χ4n) is 6.23. The van der Waals surface area contributed by atoms with Gasteiger partial charge in [-0.05, 0) is 61.4 Å². The number of methoxy groups -OCH3 is 1. The van der Waals surface area contributed by atoms with Gasteiger partial charge in [0.2, 0.25) is 15.9 Å². The van der Waals surface area contributed by atoms with Crippen LogP contribution in [0.25, 0.3) is 0 Å². The van der Waals surface area contributed by atoms with Crippen LogP contribution in [0, 0.1) is 18.8 Å². The number of amides is 3. The summed E-state index contributed by atoms with van der Waals surface area (Å²) in [5.41, 5.74) is 1.77. The molecule has 1 aliphatic heterocycles. The number of nitrogens with one attached hydrogen (secondary N) is 1. The average molecular weight is 714 g/mol. The van der Waals surface area contributed by atoms with Crippen molar-refractivity contribution in [2.75, 3.05) is 33.3 Å². The average Bonchev–Trinajstić information content (AvgIpc) is 3.60. The van der Waals surface area contributed by atoms with Crippen LogP contribution in [0.2, 0.25) is 0 Å². The molecular formula is C36H51N5O6S2. The van der Waals surface area contributed by atoms with E-state index < -0.39 is 34.1 Å². The Bertz CT molecular complexity index is 1650. The Morgan fingerprint density at radius 1 is 1.06 bits per heavy atom. The number of nitrogens with zero attached hydrogens (tertiary/aromatic N) is 4. The summed E-state index contributed by atoms with van der Waals surface area (Å²) < 4.78 is 34.2. The summed E-state index contributed by atoms with van der Waals surface area (Å²) in [4.78, 5) is 37.1. The molecule has 0 bridgehead atoms. The van der Waals surface area contributed by atoms with E-state index in [1.54, 1.807) is 33.3 Å². The lowest BCUT2D eigenvalue weighted by molar-refractivity contribution is -0.128. The van der Waals surface area contributed by atoms with Gasteiger partial charge in [0.05, 0.1) is 41.4 Å². The molecule has 3 amide bonds. The summed E-state index contributed by atoms with van der Waals surface area (Å²) in [7, 11) is -2.48. The molecule has 3 aromatic rings. The van der Waals surface area contributed by atoms with Crippen molar-refractivity contribution >= 4 is 33.3 Å². The van der Waals surface area contributed by atoms with Crippen LogP contribution < -0.4 is 10.1 Å². The number of hydrogen-bond acceptors (Lipinski definition) is 8. The molecule has 0 unspecified atom stereocenters. The molecular weight excluding hydrogens is 663 g/mol. The molecule has 0 saturated carbocycles. The van der Waals surface area contributed by atoms with E-state index in [9.17, 15) is 23.1 Å². The number of aliphatic hydroxyl groups excluding tert-OH is 1. The molecule has 4 rings (SSSR count). The number of hydrogen-bond donors (Lipinski definition) is 2. The van der Waals surface area contributed by atoms with Crippen molar-refractivity contribution in [3.05, 3.63) is 75.7 Å². The van der Waals surface area contributed by atoms with E-state index >= 15 is 0 Å². The van der Waals surface area contributed by atoms with Crippen molar-refractivity contribution < 1.29 is 27.9 Å². The van der Waals surface area contributed by atoms with E-state index in [-0.39, 0.29) is 42.3 Å². The first-order valence-corrected chi connectivity index (χ1v) is 19.2. The highest BCUT2D eigenvalue weighted by molar-refractivity contribution is 7.89. The SMILES string of the molecule is CCc1sc(C)nc1CN1CCN([C@H](C(=O)N[C@@H](Cc2ccccc2)[C@H](O)CN(CC(C)C)S(=O)(=O)c2ccc(OC)cc2)C(C)C)C1=O. The first-order valence-electron chi connectivity index (χ1n) is 16.9. The third-order valence-corrected chi connectivity index (χ3v) is 11.7. The zero-order chi connectivity index (χ0) is 35.9. The number of carbonyl (C=O) groups is 2. The number of aryl methyl sites for hydroxylation is 2. The molecule has 13 heteroatoms. The molecule has 3 atom stereocenters. The molecule has 1 aliphatic rings. The normalized spacial score (nSPS) is 15.7. The second kappa shape index (κ2) is 16.9. The van der Waals surface area contributed by atoms with Gasteiger partial charge in [-0.25, -0.2) is 18.2 Å². The molecule has 1 fully saturated rings. The van der Waals surface area contributed by atoms with Gasteiger partial charge in [-0.15, -0.1) is 11.3 Å². The van der Waals surface area contributed by atoms with Crippen molar-refractivity contribution in [3.63, 3.8) is 0 Å². The Kier molecular flexibility index (Phi) is 13.2. The van der Waals surface area contributed by atoms with Crippen LogP contribution in [-0.4, -0.2) is 96.0 Å². The zero-order valence-corrected chi connectivity index (χ0v) is 31.3. The first kappa shape index (κ1) is 38.3. The minimum Gasteiger partial charge on any atom is -0.497 e. The molecule has 0 aliphatic carbocycles. The number of urea groups is 1. The minimum atomic E-state index is -3.99. The van der Waals surface area contributed by atoms with Gasteiger partial charge in [0.25, 0.3) is 0 Å². The number of benzene rings is 2. The number of carbonyl (C=O) groups excluding carboxylic acids is 2. The van der Waals surface area contributed by atoms with E-state index in [0.717, 1.165) is 27.6 Å². The van der Waals surface area contributed by atoms with Crippen molar-refractivity contribution in [2.45, 2.75) is 84.0 Å². The van der Waals surface area contributed by atoms with Gasteiger partial charge in [-0.2, -0.15) is 4.31 Å². The lowest BCUT2D eigenvalue weighted by atomic mass is 9.97. The number of thiazole rings is 1. The summed E-state index contributed by atoms with van der Waals surface area (Å²) in [6.07, 6.45) is -0.153. The van der Waals surface area contributed by atoms with Crippen LogP contribution in [0.1, 0.15) is 55.8 Å². The molecule has 2 N–H and O–H groups in total. The van der Waals surface area contributed by atoms with Crippen molar-refractivity contribution in [2.24, 2.45) is 11.8 Å². The predicted octanol–water partition coefficient (Wildman–Crippen LogP) is 4.72. The van der Waals surface area contributed by atoms with Gasteiger partial charge in [-0.1, -0.05) is 65.0 Å². The summed E-state index contributed by atoms with van der Waals surface area (Å²) >= 11 is 1.64. The number of ether oxygens (including phenoxy) is 1. The van der Waals surface area contributed by atoms with E-state index in [4.69, 9.17) is 4.74 Å². The molecule has 11 nitrogen and oxygen atoms in total. The Labute approximate surface area is 295 Å². The summed E-state index contributed by atoms with van der Waals surface area (Å²) in [6.45, 7) is 12.8. The Balaban J connectivity index is 1.57. The second-order valence-corrected chi connectivity index (χ2v) is 16.5. The minimum absolute atomic E-state index is 0.0292. The molecule has 1 aromatic heterocycles. The summed E-state index contributed by atoms with van der Waals surface area (Å²) in [5, 5.41) is 15.8. The van der Waals surface area contributed by atoms with Gasteiger partial charge in [0.15, 0.2) is 0 Å². The maximum Gasteiger partial charge on any atom is 0.321 e. The smallest absolute Gasteiger partial charge is 0.321 e. The standard InChI is InChI=1S/C36H51N5O6S2/c1-8-33-31(37-26(6)48-33)22-39-18-19-41(36(39)44)34(25(4)5)35(43)38-30(20-27-12-10-9-11-13-27)32(42)23-40(21-24(2)3)49(45,46)29-16-14-28(47-7)15-17-29/h9-17,24-25,30,32,34,42H,8,18-23H2,1-7H3,(H,38,43)/t30-,32+,34-/m0/s1.